The topological polar surface area (TPSA) is 97.6 Å². The third-order valence-corrected chi connectivity index (χ3v) is 1.99. The number of nitrogens with zero attached hydrogens (tertiary/aromatic N) is 4. The minimum Gasteiger partial charge on any atom is -0.338 e. The number of aromatic nitrogens is 5. The van der Waals surface area contributed by atoms with Gasteiger partial charge in [-0.2, -0.15) is 20.4 Å². The molecule has 0 amide bonds. The first-order valence-corrected chi connectivity index (χ1v) is 5.00. The molecule has 0 radical (unpaired) electrons. The largest absolute Gasteiger partial charge is 0.338 e. The smallest absolute Gasteiger partial charge is 0.234 e. The lowest BCUT2D eigenvalue weighted by atomic mass is 10.2. The lowest BCUT2D eigenvalue weighted by Gasteiger charge is -1.91. The first-order chi connectivity index (χ1) is 7.79. The van der Waals surface area contributed by atoms with E-state index in [1.807, 2.05) is 6.92 Å². The van der Waals surface area contributed by atoms with Crippen molar-refractivity contribution in [1.82, 2.24) is 25.6 Å². The fourth-order valence-electron chi connectivity index (χ4n) is 1.28. The van der Waals surface area contributed by atoms with E-state index in [0.717, 1.165) is 6.42 Å². The number of hydrogen-bond donors (Lipinski definition) is 1. The Kier molecular flexibility index (Phi) is 3.04. The number of nitrogens with one attached hydrogen (secondary N) is 1. The Balaban J connectivity index is 2.06. The van der Waals surface area contributed by atoms with Crippen molar-refractivity contribution >= 4 is 5.78 Å². The second-order valence-electron chi connectivity index (χ2n) is 3.33. The molecule has 0 bridgehead atoms. The molecule has 0 saturated heterocycles. The number of ketones is 1. The third kappa shape index (κ3) is 2.30. The van der Waals surface area contributed by atoms with Gasteiger partial charge in [0.1, 0.15) is 5.78 Å². The molecule has 2 aromatic heterocycles. The summed E-state index contributed by atoms with van der Waals surface area (Å²) < 4.78 is 4.94. The van der Waals surface area contributed by atoms with E-state index in [0.29, 0.717) is 23.8 Å². The highest BCUT2D eigenvalue weighted by atomic mass is 16.5. The maximum atomic E-state index is 11.3. The fraction of sp³-hybridized carbons (Fsp3) is 0.444. The summed E-state index contributed by atoms with van der Waals surface area (Å²) in [6, 6.07) is 0. The van der Waals surface area contributed by atoms with Gasteiger partial charge in [-0.1, -0.05) is 12.1 Å². The second kappa shape index (κ2) is 4.65. The van der Waals surface area contributed by atoms with Crippen molar-refractivity contribution in [3.8, 4) is 11.5 Å². The molecule has 16 heavy (non-hydrogen) atoms. The average molecular weight is 221 g/mol. The minimum absolute atomic E-state index is 0.0952. The van der Waals surface area contributed by atoms with E-state index in [-0.39, 0.29) is 12.2 Å². The van der Waals surface area contributed by atoms with Crippen LogP contribution in [0.25, 0.3) is 11.5 Å². The number of carbonyl (C=O) groups is 1. The normalized spacial score (nSPS) is 10.6. The minimum atomic E-state index is 0.0952. The van der Waals surface area contributed by atoms with Crippen molar-refractivity contribution in [2.75, 3.05) is 0 Å². The Morgan fingerprint density at radius 2 is 2.44 bits per heavy atom. The number of Topliss-reactive ketones (excluding diaryl/α,β-unsaturated/α-hetero) is 1. The van der Waals surface area contributed by atoms with Crippen LogP contribution in [0.1, 0.15) is 25.7 Å². The molecule has 0 spiro atoms. The van der Waals surface area contributed by atoms with Crippen LogP contribution in [0, 0.1) is 0 Å². The standard InChI is InChI=1S/C9H11N5O2/c1-2-3-6(15)4-8-11-9(13-16-8)7-5-10-14-12-7/h5H,2-4H2,1H3,(H,10,12,14). The zero-order valence-electron chi connectivity index (χ0n) is 8.80. The van der Waals surface area contributed by atoms with Gasteiger partial charge < -0.3 is 4.52 Å². The van der Waals surface area contributed by atoms with Crippen LogP contribution < -0.4 is 0 Å². The summed E-state index contributed by atoms with van der Waals surface area (Å²) in [5.74, 6) is 0.752. The summed E-state index contributed by atoms with van der Waals surface area (Å²) in [4.78, 5) is 15.4. The molecule has 0 atom stereocenters. The Morgan fingerprint density at radius 3 is 3.12 bits per heavy atom. The average Bonchev–Trinajstić information content (AvgIpc) is 2.86. The van der Waals surface area contributed by atoms with Crippen molar-refractivity contribution in [3.05, 3.63) is 12.1 Å². The highest BCUT2D eigenvalue weighted by Gasteiger charge is 2.13. The van der Waals surface area contributed by atoms with Crippen LogP contribution >= 0.6 is 0 Å². The first-order valence-electron chi connectivity index (χ1n) is 5.00. The van der Waals surface area contributed by atoms with Crippen molar-refractivity contribution in [3.63, 3.8) is 0 Å². The number of aromatic amines is 1. The zero-order chi connectivity index (χ0) is 11.4. The third-order valence-electron chi connectivity index (χ3n) is 1.99. The second-order valence-corrected chi connectivity index (χ2v) is 3.33. The molecule has 7 nitrogen and oxygen atoms in total. The molecular formula is C9H11N5O2. The van der Waals surface area contributed by atoms with Crippen LogP contribution in [0.2, 0.25) is 0 Å². The fourth-order valence-corrected chi connectivity index (χ4v) is 1.28. The molecule has 84 valence electrons. The highest BCUT2D eigenvalue weighted by Crippen LogP contribution is 2.11. The summed E-state index contributed by atoms with van der Waals surface area (Å²) in [6.45, 7) is 1.95. The molecule has 0 aliphatic heterocycles. The van der Waals surface area contributed by atoms with E-state index in [4.69, 9.17) is 4.52 Å². The van der Waals surface area contributed by atoms with Gasteiger partial charge in [-0.3, -0.25) is 4.79 Å². The van der Waals surface area contributed by atoms with E-state index in [1.165, 1.54) is 6.20 Å². The van der Waals surface area contributed by atoms with Gasteiger partial charge in [0.15, 0.2) is 5.69 Å². The van der Waals surface area contributed by atoms with Gasteiger partial charge in [0, 0.05) is 6.42 Å². The van der Waals surface area contributed by atoms with Crippen LogP contribution in [-0.4, -0.2) is 31.3 Å². The molecule has 0 aliphatic rings. The molecule has 0 aliphatic carbocycles. The number of carbonyl (C=O) groups excluding carboxylic acids is 1. The van der Waals surface area contributed by atoms with Crippen LogP contribution in [0.15, 0.2) is 10.7 Å². The van der Waals surface area contributed by atoms with Crippen LogP contribution in [0.4, 0.5) is 0 Å². The van der Waals surface area contributed by atoms with Gasteiger partial charge in [0.25, 0.3) is 0 Å². The monoisotopic (exact) mass is 221 g/mol. The number of rotatable bonds is 5. The van der Waals surface area contributed by atoms with Crippen molar-refractivity contribution in [2.24, 2.45) is 0 Å². The Bertz CT molecular complexity index is 462. The molecule has 0 fully saturated rings. The van der Waals surface area contributed by atoms with E-state index in [1.54, 1.807) is 0 Å². The molecular weight excluding hydrogens is 210 g/mol. The maximum Gasteiger partial charge on any atom is 0.234 e. The SMILES string of the molecule is CCCC(=O)Cc1nc(-c2cn[nH]n2)no1. The molecule has 2 aromatic rings. The van der Waals surface area contributed by atoms with E-state index in [2.05, 4.69) is 25.6 Å². The summed E-state index contributed by atoms with van der Waals surface area (Å²) in [5.41, 5.74) is 0.498. The van der Waals surface area contributed by atoms with Crippen LogP contribution in [-0.2, 0) is 11.2 Å². The Hall–Kier alpha value is -2.05. The van der Waals surface area contributed by atoms with Gasteiger partial charge in [-0.05, 0) is 6.42 Å². The summed E-state index contributed by atoms with van der Waals surface area (Å²) in [5, 5.41) is 13.6. The van der Waals surface area contributed by atoms with Crippen molar-refractivity contribution < 1.29 is 9.32 Å². The predicted octanol–water partition coefficient (Wildman–Crippen LogP) is 0.766. The summed E-state index contributed by atoms with van der Waals surface area (Å²) >= 11 is 0. The molecule has 0 saturated carbocycles. The zero-order valence-corrected chi connectivity index (χ0v) is 8.80. The van der Waals surface area contributed by atoms with Crippen molar-refractivity contribution in [1.29, 1.82) is 0 Å². The van der Waals surface area contributed by atoms with Crippen molar-refractivity contribution in [2.45, 2.75) is 26.2 Å². The van der Waals surface area contributed by atoms with E-state index in [9.17, 15) is 4.79 Å². The Labute approximate surface area is 91.2 Å². The predicted molar refractivity (Wildman–Crippen MR) is 53.3 cm³/mol. The highest BCUT2D eigenvalue weighted by molar-refractivity contribution is 5.79. The van der Waals surface area contributed by atoms with E-state index >= 15 is 0 Å². The number of H-pyrrole nitrogens is 1. The molecule has 1 N–H and O–H groups in total. The van der Waals surface area contributed by atoms with Gasteiger partial charge in [0.2, 0.25) is 11.7 Å². The molecule has 2 heterocycles. The quantitative estimate of drug-likeness (QED) is 0.800. The molecule has 2 rings (SSSR count). The molecule has 0 aromatic carbocycles. The summed E-state index contributed by atoms with van der Waals surface area (Å²) in [7, 11) is 0. The van der Waals surface area contributed by atoms with Gasteiger partial charge >= 0.3 is 0 Å². The molecule has 7 heteroatoms. The van der Waals surface area contributed by atoms with E-state index < -0.39 is 0 Å². The maximum absolute atomic E-state index is 11.3. The first kappa shape index (κ1) is 10.5. The lowest BCUT2D eigenvalue weighted by Crippen LogP contribution is -2.01. The Morgan fingerprint density at radius 1 is 1.56 bits per heavy atom. The summed E-state index contributed by atoms with van der Waals surface area (Å²) in [6.07, 6.45) is 3.02. The van der Waals surface area contributed by atoms with Gasteiger partial charge in [-0.25, -0.2) is 0 Å². The van der Waals surface area contributed by atoms with Crippen LogP contribution in [0.5, 0.6) is 0 Å². The lowest BCUT2D eigenvalue weighted by molar-refractivity contribution is -0.118. The van der Waals surface area contributed by atoms with Crippen LogP contribution in [0.3, 0.4) is 0 Å². The molecule has 0 unspecified atom stereocenters. The number of hydrogen-bond acceptors (Lipinski definition) is 6. The van der Waals surface area contributed by atoms with Gasteiger partial charge in [-0.15, -0.1) is 0 Å². The van der Waals surface area contributed by atoms with Gasteiger partial charge in [0.05, 0.1) is 12.6 Å².